The van der Waals surface area contributed by atoms with Gasteiger partial charge in [-0.2, -0.15) is 0 Å². The Labute approximate surface area is 142 Å². The number of aromatic nitrogens is 3. The van der Waals surface area contributed by atoms with E-state index in [0.717, 1.165) is 0 Å². The van der Waals surface area contributed by atoms with E-state index in [1.807, 2.05) is 6.92 Å². The maximum atomic E-state index is 6.16. The molecular weight excluding hydrogens is 337 g/mol. The summed E-state index contributed by atoms with van der Waals surface area (Å²) >= 11 is 12.3. The van der Waals surface area contributed by atoms with Gasteiger partial charge in [-0.25, -0.2) is 9.97 Å². The van der Waals surface area contributed by atoms with E-state index in [0.29, 0.717) is 44.8 Å². The van der Waals surface area contributed by atoms with Crippen molar-refractivity contribution < 1.29 is 4.52 Å². The van der Waals surface area contributed by atoms with Crippen molar-refractivity contribution in [1.82, 2.24) is 15.1 Å². The molecule has 3 rings (SSSR count). The highest BCUT2D eigenvalue weighted by molar-refractivity contribution is 6.39. The molecular formula is C15H13Cl2N5O. The first kappa shape index (κ1) is 15.6. The highest BCUT2D eigenvalue weighted by Crippen LogP contribution is 2.32. The fourth-order valence-electron chi connectivity index (χ4n) is 2.00. The van der Waals surface area contributed by atoms with Crippen LogP contribution in [0.1, 0.15) is 11.6 Å². The van der Waals surface area contributed by atoms with Crippen LogP contribution >= 0.6 is 23.2 Å². The summed E-state index contributed by atoms with van der Waals surface area (Å²) in [5, 5.41) is 11.1. The fourth-order valence-corrected chi connectivity index (χ4v) is 2.49. The smallest absolute Gasteiger partial charge is 0.175 e. The molecule has 3 aromatic rings. The Morgan fingerprint density at radius 2 is 1.57 bits per heavy atom. The molecule has 0 amide bonds. The number of nitrogens with zero attached hydrogens (tertiary/aromatic N) is 3. The number of benzene rings is 1. The summed E-state index contributed by atoms with van der Waals surface area (Å²) in [6.45, 7) is 3.61. The largest absolute Gasteiger partial charge is 0.360 e. The average Bonchev–Trinajstić information content (AvgIpc) is 2.88. The lowest BCUT2D eigenvalue weighted by Crippen LogP contribution is -2.02. The predicted molar refractivity (Wildman–Crippen MR) is 91.0 cm³/mol. The minimum Gasteiger partial charge on any atom is -0.360 e. The highest BCUT2D eigenvalue weighted by atomic mass is 35.5. The third-order valence-corrected chi connectivity index (χ3v) is 3.57. The molecule has 0 aliphatic carbocycles. The SMILES string of the molecule is Cc1nc(Nc2cc(C)on2)cc(Nc2c(Cl)cccc2Cl)n1. The van der Waals surface area contributed by atoms with E-state index < -0.39 is 0 Å². The summed E-state index contributed by atoms with van der Waals surface area (Å²) in [6.07, 6.45) is 0. The van der Waals surface area contributed by atoms with Gasteiger partial charge >= 0.3 is 0 Å². The molecule has 0 spiro atoms. The second-order valence-electron chi connectivity index (χ2n) is 4.86. The number of aryl methyl sites for hydroxylation is 2. The zero-order chi connectivity index (χ0) is 16.4. The van der Waals surface area contributed by atoms with Crippen LogP contribution in [-0.4, -0.2) is 15.1 Å². The Kier molecular flexibility index (Phi) is 4.36. The van der Waals surface area contributed by atoms with Gasteiger partial charge in [-0.15, -0.1) is 0 Å². The topological polar surface area (TPSA) is 75.9 Å². The summed E-state index contributed by atoms with van der Waals surface area (Å²) in [5.74, 6) is 3.01. The molecule has 0 radical (unpaired) electrons. The minimum absolute atomic E-state index is 0.510. The van der Waals surface area contributed by atoms with Gasteiger partial charge in [-0.3, -0.25) is 0 Å². The van der Waals surface area contributed by atoms with Crippen LogP contribution in [0, 0.1) is 13.8 Å². The molecule has 0 bridgehead atoms. The van der Waals surface area contributed by atoms with Crippen LogP contribution in [0.2, 0.25) is 10.0 Å². The maximum Gasteiger partial charge on any atom is 0.175 e. The third kappa shape index (κ3) is 3.72. The molecule has 2 heterocycles. The summed E-state index contributed by atoms with van der Waals surface area (Å²) < 4.78 is 5.02. The predicted octanol–water partition coefficient (Wildman–Crippen LogP) is 4.88. The number of anilines is 4. The van der Waals surface area contributed by atoms with Crippen LogP contribution in [-0.2, 0) is 0 Å². The van der Waals surface area contributed by atoms with Gasteiger partial charge in [0.1, 0.15) is 23.2 Å². The molecule has 118 valence electrons. The molecule has 1 aromatic carbocycles. The van der Waals surface area contributed by atoms with Crippen LogP contribution in [0.4, 0.5) is 23.1 Å². The minimum atomic E-state index is 0.510. The van der Waals surface area contributed by atoms with Crippen molar-refractivity contribution in [2.75, 3.05) is 10.6 Å². The summed E-state index contributed by atoms with van der Waals surface area (Å²) in [4.78, 5) is 8.65. The van der Waals surface area contributed by atoms with Gasteiger partial charge in [0.05, 0.1) is 15.7 Å². The van der Waals surface area contributed by atoms with Crippen molar-refractivity contribution in [1.29, 1.82) is 0 Å². The van der Waals surface area contributed by atoms with E-state index in [1.165, 1.54) is 0 Å². The summed E-state index contributed by atoms with van der Waals surface area (Å²) in [5.41, 5.74) is 0.595. The molecule has 0 aliphatic heterocycles. The lowest BCUT2D eigenvalue weighted by Gasteiger charge is -2.11. The second-order valence-corrected chi connectivity index (χ2v) is 5.67. The fraction of sp³-hybridized carbons (Fsp3) is 0.133. The van der Waals surface area contributed by atoms with Gasteiger partial charge in [0.2, 0.25) is 0 Å². The molecule has 0 fully saturated rings. The van der Waals surface area contributed by atoms with Crippen LogP contribution in [0.5, 0.6) is 0 Å². The Bertz CT molecular complexity index is 829. The number of halogens is 2. The number of hydrogen-bond acceptors (Lipinski definition) is 6. The molecule has 0 unspecified atom stereocenters. The molecule has 0 saturated heterocycles. The average molecular weight is 350 g/mol. The van der Waals surface area contributed by atoms with E-state index in [1.54, 1.807) is 37.3 Å². The van der Waals surface area contributed by atoms with Crippen molar-refractivity contribution >= 4 is 46.3 Å². The van der Waals surface area contributed by atoms with Crippen molar-refractivity contribution in [3.63, 3.8) is 0 Å². The van der Waals surface area contributed by atoms with Crippen LogP contribution in [0.3, 0.4) is 0 Å². The summed E-state index contributed by atoms with van der Waals surface area (Å²) in [7, 11) is 0. The van der Waals surface area contributed by atoms with Gasteiger partial charge in [-0.05, 0) is 26.0 Å². The molecule has 8 heteroatoms. The first-order valence-electron chi connectivity index (χ1n) is 6.78. The molecule has 0 atom stereocenters. The van der Waals surface area contributed by atoms with Crippen LogP contribution < -0.4 is 10.6 Å². The monoisotopic (exact) mass is 349 g/mol. The number of rotatable bonds is 4. The molecule has 0 aliphatic rings. The molecule has 2 N–H and O–H groups in total. The molecule has 0 saturated carbocycles. The van der Waals surface area contributed by atoms with Crippen LogP contribution in [0.25, 0.3) is 0 Å². The van der Waals surface area contributed by atoms with Gasteiger partial charge in [0.25, 0.3) is 0 Å². The Morgan fingerprint density at radius 3 is 2.17 bits per heavy atom. The molecule has 23 heavy (non-hydrogen) atoms. The van der Waals surface area contributed by atoms with Crippen molar-refractivity contribution in [3.8, 4) is 0 Å². The third-order valence-electron chi connectivity index (χ3n) is 2.94. The van der Waals surface area contributed by atoms with Crippen molar-refractivity contribution in [2.24, 2.45) is 0 Å². The zero-order valence-electron chi connectivity index (χ0n) is 12.4. The number of hydrogen-bond donors (Lipinski definition) is 2. The van der Waals surface area contributed by atoms with Crippen molar-refractivity contribution in [2.45, 2.75) is 13.8 Å². The quantitative estimate of drug-likeness (QED) is 0.699. The lowest BCUT2D eigenvalue weighted by atomic mass is 10.3. The van der Waals surface area contributed by atoms with Crippen LogP contribution in [0.15, 0.2) is 34.9 Å². The first-order chi connectivity index (χ1) is 11.0. The molecule has 2 aromatic heterocycles. The lowest BCUT2D eigenvalue weighted by molar-refractivity contribution is 0.400. The Hall–Kier alpha value is -2.31. The standard InChI is InChI=1S/C15H13Cl2N5O/c1-8-6-14(22-23-8)20-12-7-13(19-9(2)18-12)21-15-10(16)4-3-5-11(15)17/h3-7H,1-2H3,(H2,18,19,20,21,22). The number of para-hydroxylation sites is 1. The van der Waals surface area contributed by atoms with E-state index in [-0.39, 0.29) is 0 Å². The van der Waals surface area contributed by atoms with E-state index in [4.69, 9.17) is 27.7 Å². The second kappa shape index (κ2) is 6.44. The first-order valence-corrected chi connectivity index (χ1v) is 7.54. The van der Waals surface area contributed by atoms with E-state index >= 15 is 0 Å². The maximum absolute atomic E-state index is 6.16. The van der Waals surface area contributed by atoms with Gasteiger partial charge in [0.15, 0.2) is 5.82 Å². The van der Waals surface area contributed by atoms with E-state index in [9.17, 15) is 0 Å². The van der Waals surface area contributed by atoms with Crippen molar-refractivity contribution in [3.05, 3.63) is 52.0 Å². The summed E-state index contributed by atoms with van der Waals surface area (Å²) in [6, 6.07) is 8.79. The van der Waals surface area contributed by atoms with E-state index in [2.05, 4.69) is 25.8 Å². The van der Waals surface area contributed by atoms with Gasteiger partial charge in [0, 0.05) is 12.1 Å². The molecule has 6 nitrogen and oxygen atoms in total. The highest BCUT2D eigenvalue weighted by Gasteiger charge is 2.09. The van der Waals surface area contributed by atoms with Gasteiger partial charge < -0.3 is 15.2 Å². The van der Waals surface area contributed by atoms with Gasteiger partial charge in [-0.1, -0.05) is 34.4 Å². The Morgan fingerprint density at radius 1 is 0.913 bits per heavy atom. The normalized spacial score (nSPS) is 10.6. The number of nitrogens with one attached hydrogen (secondary N) is 2. The zero-order valence-corrected chi connectivity index (χ0v) is 13.9. The Balaban J connectivity index is 1.88.